The molecule has 0 unspecified atom stereocenters. The molecule has 19 heavy (non-hydrogen) atoms. The Morgan fingerprint density at radius 1 is 1.26 bits per heavy atom. The van der Waals surface area contributed by atoms with E-state index < -0.39 is 4.32 Å². The van der Waals surface area contributed by atoms with Crippen LogP contribution in [0.3, 0.4) is 0 Å². The van der Waals surface area contributed by atoms with Gasteiger partial charge in [-0.25, -0.2) is 0 Å². The van der Waals surface area contributed by atoms with Crippen LogP contribution in [0.5, 0.6) is 5.75 Å². The number of para-hydroxylation sites is 1. The smallest absolute Gasteiger partial charge is 0.238 e. The van der Waals surface area contributed by atoms with Gasteiger partial charge in [-0.05, 0) is 26.0 Å². The van der Waals surface area contributed by atoms with Gasteiger partial charge in [-0.1, -0.05) is 34.1 Å². The van der Waals surface area contributed by atoms with Crippen LogP contribution in [0.2, 0.25) is 0 Å². The lowest BCUT2D eigenvalue weighted by atomic mass is 10.1. The van der Waals surface area contributed by atoms with Crippen molar-refractivity contribution < 1.29 is 9.53 Å². The zero-order valence-corrected chi connectivity index (χ0v) is 13.0. The van der Waals surface area contributed by atoms with E-state index in [1.165, 1.54) is 0 Å². The van der Waals surface area contributed by atoms with Gasteiger partial charge < -0.3 is 9.64 Å². The van der Waals surface area contributed by atoms with Crippen molar-refractivity contribution in [1.29, 1.82) is 0 Å². The molecule has 0 radical (unpaired) electrons. The highest BCUT2D eigenvalue weighted by molar-refractivity contribution is 9.10. The fraction of sp³-hybridized carbons (Fsp3) is 0.533. The lowest BCUT2D eigenvalue weighted by Crippen LogP contribution is -2.47. The minimum atomic E-state index is -0.472. The van der Waals surface area contributed by atoms with Gasteiger partial charge in [-0.3, -0.25) is 4.79 Å². The van der Waals surface area contributed by atoms with Gasteiger partial charge in [0.25, 0.3) is 0 Å². The Kier molecular flexibility index (Phi) is 4.50. The van der Waals surface area contributed by atoms with Crippen LogP contribution < -0.4 is 4.74 Å². The minimum absolute atomic E-state index is 0.158. The minimum Gasteiger partial charge on any atom is -0.490 e. The number of ether oxygens (including phenoxy) is 1. The molecule has 1 saturated heterocycles. The second-order valence-corrected chi connectivity index (χ2v) is 7.38. The van der Waals surface area contributed by atoms with Crippen molar-refractivity contribution >= 4 is 21.8 Å². The van der Waals surface area contributed by atoms with E-state index in [1.807, 2.05) is 49.1 Å². The van der Waals surface area contributed by atoms with Crippen LogP contribution in [0.4, 0.5) is 0 Å². The number of amides is 1. The molecular weight excluding hydrogens is 306 g/mol. The average Bonchev–Trinajstić information content (AvgIpc) is 2.39. The number of likely N-dealkylation sites (tertiary alicyclic amines) is 1. The molecule has 3 nitrogen and oxygen atoms in total. The van der Waals surface area contributed by atoms with E-state index in [9.17, 15) is 4.79 Å². The second kappa shape index (κ2) is 5.95. The largest absolute Gasteiger partial charge is 0.490 e. The molecule has 1 amide bonds. The first kappa shape index (κ1) is 14.4. The number of piperidine rings is 1. The van der Waals surface area contributed by atoms with E-state index in [4.69, 9.17) is 4.74 Å². The number of halogens is 1. The standard InChI is InChI=1S/C15H20BrNO2/c1-15(2,16)14(18)17-10-8-13(9-11-17)19-12-6-4-3-5-7-12/h3-7,13H,8-11H2,1-2H3. The molecule has 0 aliphatic carbocycles. The predicted molar refractivity (Wildman–Crippen MR) is 79.7 cm³/mol. The molecular formula is C15H20BrNO2. The molecule has 0 saturated carbocycles. The van der Waals surface area contributed by atoms with E-state index in [0.717, 1.165) is 31.7 Å². The summed E-state index contributed by atoms with van der Waals surface area (Å²) >= 11 is 3.43. The summed E-state index contributed by atoms with van der Waals surface area (Å²) in [5.41, 5.74) is 0. The number of carbonyl (C=O) groups excluding carboxylic acids is 1. The van der Waals surface area contributed by atoms with Crippen LogP contribution >= 0.6 is 15.9 Å². The summed E-state index contributed by atoms with van der Waals surface area (Å²) in [5, 5.41) is 0. The molecule has 0 spiro atoms. The van der Waals surface area contributed by atoms with Crippen LogP contribution in [-0.2, 0) is 4.79 Å². The van der Waals surface area contributed by atoms with Crippen molar-refractivity contribution in [3.63, 3.8) is 0 Å². The Labute approximate surface area is 123 Å². The van der Waals surface area contributed by atoms with E-state index in [0.29, 0.717) is 0 Å². The maximum atomic E-state index is 12.1. The normalized spacial score (nSPS) is 17.3. The van der Waals surface area contributed by atoms with Crippen molar-refractivity contribution in [3.05, 3.63) is 30.3 Å². The van der Waals surface area contributed by atoms with Gasteiger partial charge in [0.1, 0.15) is 11.9 Å². The van der Waals surface area contributed by atoms with Crippen LogP contribution in [0.15, 0.2) is 30.3 Å². The topological polar surface area (TPSA) is 29.5 Å². The quantitative estimate of drug-likeness (QED) is 0.798. The summed E-state index contributed by atoms with van der Waals surface area (Å²) in [6.07, 6.45) is 2.00. The third-order valence-corrected chi connectivity index (χ3v) is 3.62. The van der Waals surface area contributed by atoms with Gasteiger partial charge >= 0.3 is 0 Å². The van der Waals surface area contributed by atoms with Crippen LogP contribution in [0, 0.1) is 0 Å². The first-order valence-corrected chi connectivity index (χ1v) is 7.46. The summed E-state index contributed by atoms with van der Waals surface area (Å²) in [7, 11) is 0. The molecule has 1 aromatic rings. The highest BCUT2D eigenvalue weighted by Gasteiger charge is 2.32. The van der Waals surface area contributed by atoms with Gasteiger partial charge in [0.05, 0.1) is 4.32 Å². The molecule has 2 rings (SSSR count). The Morgan fingerprint density at radius 2 is 1.84 bits per heavy atom. The molecule has 0 atom stereocenters. The Balaban J connectivity index is 1.85. The van der Waals surface area contributed by atoms with E-state index in [2.05, 4.69) is 15.9 Å². The molecule has 0 N–H and O–H groups in total. The van der Waals surface area contributed by atoms with Crippen LogP contribution in [-0.4, -0.2) is 34.3 Å². The number of nitrogens with zero attached hydrogens (tertiary/aromatic N) is 1. The summed E-state index contributed by atoms with van der Waals surface area (Å²) in [5.74, 6) is 1.07. The Bertz CT molecular complexity index is 420. The summed E-state index contributed by atoms with van der Waals surface area (Å²) in [6.45, 7) is 5.32. The number of carbonyl (C=O) groups is 1. The number of rotatable bonds is 3. The average molecular weight is 326 g/mol. The van der Waals surface area contributed by atoms with Gasteiger partial charge in [-0.15, -0.1) is 0 Å². The zero-order valence-electron chi connectivity index (χ0n) is 11.4. The number of alkyl halides is 1. The van der Waals surface area contributed by atoms with Gasteiger partial charge in [0.15, 0.2) is 0 Å². The Hall–Kier alpha value is -1.03. The first-order valence-electron chi connectivity index (χ1n) is 6.67. The SMILES string of the molecule is CC(C)(Br)C(=O)N1CCC(Oc2ccccc2)CC1. The molecule has 1 aliphatic rings. The first-order chi connectivity index (χ1) is 8.97. The molecule has 1 heterocycles. The molecule has 4 heteroatoms. The predicted octanol–water partition coefficient (Wildman–Crippen LogP) is 3.23. The fourth-order valence-corrected chi connectivity index (χ4v) is 2.50. The molecule has 104 valence electrons. The number of benzene rings is 1. The molecule has 1 aliphatic heterocycles. The number of hydrogen-bond acceptors (Lipinski definition) is 2. The van der Waals surface area contributed by atoms with Crippen molar-refractivity contribution in [2.24, 2.45) is 0 Å². The van der Waals surface area contributed by atoms with Crippen molar-refractivity contribution in [1.82, 2.24) is 4.90 Å². The maximum Gasteiger partial charge on any atom is 0.238 e. The fourth-order valence-electron chi connectivity index (χ4n) is 2.24. The van der Waals surface area contributed by atoms with Crippen molar-refractivity contribution in [2.75, 3.05) is 13.1 Å². The number of hydrogen-bond donors (Lipinski definition) is 0. The molecule has 1 aromatic carbocycles. The zero-order chi connectivity index (χ0) is 13.9. The van der Waals surface area contributed by atoms with Gasteiger partial charge in [0.2, 0.25) is 5.91 Å². The highest BCUT2D eigenvalue weighted by atomic mass is 79.9. The van der Waals surface area contributed by atoms with Crippen LogP contribution in [0.1, 0.15) is 26.7 Å². The monoisotopic (exact) mass is 325 g/mol. The molecule has 1 fully saturated rings. The molecule has 0 bridgehead atoms. The van der Waals surface area contributed by atoms with E-state index in [-0.39, 0.29) is 12.0 Å². The lowest BCUT2D eigenvalue weighted by molar-refractivity contribution is -0.134. The van der Waals surface area contributed by atoms with Gasteiger partial charge in [0, 0.05) is 25.9 Å². The summed E-state index contributed by atoms with van der Waals surface area (Å²) in [4.78, 5) is 14.0. The van der Waals surface area contributed by atoms with Crippen LogP contribution in [0.25, 0.3) is 0 Å². The third kappa shape index (κ3) is 3.96. The third-order valence-electron chi connectivity index (χ3n) is 3.28. The van der Waals surface area contributed by atoms with Gasteiger partial charge in [-0.2, -0.15) is 0 Å². The lowest BCUT2D eigenvalue weighted by Gasteiger charge is -2.35. The Morgan fingerprint density at radius 3 is 2.37 bits per heavy atom. The summed E-state index contributed by atoms with van der Waals surface area (Å²) < 4.78 is 5.45. The summed E-state index contributed by atoms with van der Waals surface area (Å²) in [6, 6.07) is 9.87. The van der Waals surface area contributed by atoms with Crippen molar-refractivity contribution in [3.8, 4) is 5.75 Å². The van der Waals surface area contributed by atoms with E-state index in [1.54, 1.807) is 0 Å². The second-order valence-electron chi connectivity index (χ2n) is 5.39. The maximum absolute atomic E-state index is 12.1. The van der Waals surface area contributed by atoms with Crippen molar-refractivity contribution in [2.45, 2.75) is 37.1 Å². The van der Waals surface area contributed by atoms with E-state index >= 15 is 0 Å². The molecule has 0 aromatic heterocycles. The highest BCUT2D eigenvalue weighted by Crippen LogP contribution is 2.24.